The second-order valence-electron chi connectivity index (χ2n) is 6.63. The Hall–Kier alpha value is -2.72. The number of hydrogen-bond acceptors (Lipinski definition) is 3. The van der Waals surface area contributed by atoms with Gasteiger partial charge in [0.15, 0.2) is 0 Å². The van der Waals surface area contributed by atoms with Gasteiger partial charge in [-0.15, -0.1) is 11.8 Å². The Bertz CT molecular complexity index is 1150. The van der Waals surface area contributed by atoms with Gasteiger partial charge in [0.1, 0.15) is 5.75 Å². The number of carbonyl (C=O) groups excluding carboxylic acids is 1. The maximum atomic E-state index is 11.7. The monoisotopic (exact) mass is 375 g/mol. The Balaban J connectivity index is 2.08. The van der Waals surface area contributed by atoms with Crippen molar-refractivity contribution in [1.29, 1.82) is 0 Å². The number of rotatable bonds is 4. The number of nitrogens with zero attached hydrogens (tertiary/aromatic N) is 1. The number of aromatic nitrogens is 1. The lowest BCUT2D eigenvalue weighted by Crippen LogP contribution is -2.06. The number of benzene rings is 3. The molecular weight excluding hydrogens is 354 g/mol. The first-order chi connectivity index (χ1) is 13.1. The summed E-state index contributed by atoms with van der Waals surface area (Å²) in [5.41, 5.74) is 4.52. The van der Waals surface area contributed by atoms with Gasteiger partial charge in [0, 0.05) is 29.8 Å². The quantitative estimate of drug-likeness (QED) is 0.257. The van der Waals surface area contributed by atoms with Crippen LogP contribution in [0.2, 0.25) is 0 Å². The first-order valence-electron chi connectivity index (χ1n) is 8.91. The Morgan fingerprint density at radius 1 is 1.04 bits per heavy atom. The van der Waals surface area contributed by atoms with Gasteiger partial charge in [-0.25, -0.2) is 0 Å². The highest BCUT2D eigenvalue weighted by Gasteiger charge is 2.20. The molecule has 0 unspecified atom stereocenters. The van der Waals surface area contributed by atoms with Crippen molar-refractivity contribution in [2.24, 2.45) is 0 Å². The largest absolute Gasteiger partial charge is 0.425 e. The third-order valence-corrected chi connectivity index (χ3v) is 5.57. The fourth-order valence-electron chi connectivity index (χ4n) is 3.68. The molecule has 0 atom stereocenters. The highest BCUT2D eigenvalue weighted by molar-refractivity contribution is 7.99. The van der Waals surface area contributed by atoms with Crippen LogP contribution in [0.1, 0.15) is 18.1 Å². The summed E-state index contributed by atoms with van der Waals surface area (Å²) < 4.78 is 7.93. The maximum Gasteiger partial charge on any atom is 0.308 e. The Kier molecular flexibility index (Phi) is 4.66. The van der Waals surface area contributed by atoms with Gasteiger partial charge in [-0.3, -0.25) is 4.79 Å². The van der Waals surface area contributed by atoms with Crippen LogP contribution < -0.4 is 4.74 Å². The van der Waals surface area contributed by atoms with E-state index < -0.39 is 0 Å². The number of fused-ring (bicyclic) bond motifs is 3. The molecule has 4 rings (SSSR count). The van der Waals surface area contributed by atoms with Crippen molar-refractivity contribution in [2.45, 2.75) is 25.3 Å². The van der Waals surface area contributed by atoms with Gasteiger partial charge in [0.25, 0.3) is 0 Å². The molecule has 3 nitrogen and oxygen atoms in total. The standard InChI is InChI=1S/C23H21NO2S/c1-15-13-19-18-11-7-8-12-20(18)24(14-17-9-5-4-6-10-17)21(19)23(27-3)22(15)26-16(2)25/h4-13H,14H2,1-3H3. The smallest absolute Gasteiger partial charge is 0.308 e. The van der Waals surface area contributed by atoms with Crippen LogP contribution >= 0.6 is 11.8 Å². The zero-order chi connectivity index (χ0) is 19.0. The summed E-state index contributed by atoms with van der Waals surface area (Å²) in [5, 5.41) is 2.41. The van der Waals surface area contributed by atoms with Gasteiger partial charge in [0.05, 0.1) is 10.4 Å². The second kappa shape index (κ2) is 7.12. The van der Waals surface area contributed by atoms with Gasteiger partial charge in [0.2, 0.25) is 0 Å². The molecule has 1 heterocycles. The molecule has 0 N–H and O–H groups in total. The van der Waals surface area contributed by atoms with Crippen molar-refractivity contribution < 1.29 is 9.53 Å². The van der Waals surface area contributed by atoms with Gasteiger partial charge >= 0.3 is 5.97 Å². The van der Waals surface area contributed by atoms with Crippen molar-refractivity contribution in [3.05, 3.63) is 71.8 Å². The molecule has 4 heteroatoms. The first kappa shape index (κ1) is 17.7. The molecule has 0 amide bonds. The average molecular weight is 375 g/mol. The molecule has 0 aliphatic rings. The van der Waals surface area contributed by atoms with Crippen LogP contribution in [-0.4, -0.2) is 16.8 Å². The molecule has 27 heavy (non-hydrogen) atoms. The summed E-state index contributed by atoms with van der Waals surface area (Å²) in [6.45, 7) is 4.22. The minimum Gasteiger partial charge on any atom is -0.425 e. The molecule has 0 fully saturated rings. The van der Waals surface area contributed by atoms with Crippen molar-refractivity contribution in [2.75, 3.05) is 6.26 Å². The molecule has 0 aliphatic carbocycles. The van der Waals surface area contributed by atoms with E-state index in [0.29, 0.717) is 5.75 Å². The summed E-state index contributed by atoms with van der Waals surface area (Å²) in [6, 6.07) is 21.0. The number of ether oxygens (including phenoxy) is 1. The molecule has 3 aromatic carbocycles. The third-order valence-electron chi connectivity index (χ3n) is 4.78. The van der Waals surface area contributed by atoms with E-state index in [-0.39, 0.29) is 5.97 Å². The molecule has 0 spiro atoms. The minimum absolute atomic E-state index is 0.293. The van der Waals surface area contributed by atoms with Gasteiger partial charge in [-0.05, 0) is 36.4 Å². The lowest BCUT2D eigenvalue weighted by atomic mass is 10.1. The van der Waals surface area contributed by atoms with E-state index in [1.807, 2.05) is 19.2 Å². The van der Waals surface area contributed by atoms with E-state index in [2.05, 4.69) is 59.2 Å². The number of carbonyl (C=O) groups is 1. The van der Waals surface area contributed by atoms with Gasteiger partial charge < -0.3 is 9.30 Å². The van der Waals surface area contributed by atoms with E-state index in [0.717, 1.165) is 22.5 Å². The number of thioether (sulfide) groups is 1. The number of hydrogen-bond donors (Lipinski definition) is 0. The highest BCUT2D eigenvalue weighted by Crippen LogP contribution is 2.42. The van der Waals surface area contributed by atoms with Crippen molar-refractivity contribution in [3.63, 3.8) is 0 Å². The van der Waals surface area contributed by atoms with Crippen LogP contribution in [0.4, 0.5) is 0 Å². The fourth-order valence-corrected chi connectivity index (χ4v) is 4.48. The van der Waals surface area contributed by atoms with Crippen LogP contribution in [0, 0.1) is 6.92 Å². The second-order valence-corrected chi connectivity index (χ2v) is 7.45. The van der Waals surface area contributed by atoms with Gasteiger partial charge in [-0.1, -0.05) is 48.5 Å². The predicted molar refractivity (Wildman–Crippen MR) is 113 cm³/mol. The molecular formula is C23H21NO2S. The summed E-state index contributed by atoms with van der Waals surface area (Å²) in [4.78, 5) is 12.7. The first-order valence-corrected chi connectivity index (χ1v) is 10.1. The average Bonchev–Trinajstić information content (AvgIpc) is 2.96. The predicted octanol–water partition coefficient (Wildman–Crippen LogP) is 5.80. The zero-order valence-electron chi connectivity index (χ0n) is 15.7. The Morgan fingerprint density at radius 2 is 1.74 bits per heavy atom. The molecule has 0 radical (unpaired) electrons. The van der Waals surface area contributed by atoms with E-state index in [4.69, 9.17) is 4.74 Å². The molecule has 0 saturated heterocycles. The summed E-state index contributed by atoms with van der Waals surface area (Å²) >= 11 is 1.62. The summed E-state index contributed by atoms with van der Waals surface area (Å²) in [7, 11) is 0. The lowest BCUT2D eigenvalue weighted by molar-refractivity contribution is -0.132. The van der Waals surface area contributed by atoms with Crippen LogP contribution in [0.5, 0.6) is 5.75 Å². The number of aryl methyl sites for hydroxylation is 1. The Labute approximate surface area is 162 Å². The molecule has 0 saturated carbocycles. The van der Waals surface area contributed by atoms with E-state index in [1.165, 1.54) is 28.8 Å². The van der Waals surface area contributed by atoms with E-state index in [1.54, 1.807) is 11.8 Å². The maximum absolute atomic E-state index is 11.7. The van der Waals surface area contributed by atoms with Crippen molar-refractivity contribution in [3.8, 4) is 5.75 Å². The van der Waals surface area contributed by atoms with Crippen LogP contribution in [0.25, 0.3) is 21.8 Å². The zero-order valence-corrected chi connectivity index (χ0v) is 16.5. The molecule has 0 aliphatic heterocycles. The topological polar surface area (TPSA) is 31.2 Å². The molecule has 136 valence electrons. The van der Waals surface area contributed by atoms with Crippen molar-refractivity contribution in [1.82, 2.24) is 4.57 Å². The lowest BCUT2D eigenvalue weighted by Gasteiger charge is -2.15. The van der Waals surface area contributed by atoms with Crippen LogP contribution in [0.3, 0.4) is 0 Å². The molecule has 4 aromatic rings. The molecule has 1 aromatic heterocycles. The minimum atomic E-state index is -0.293. The Morgan fingerprint density at radius 3 is 2.44 bits per heavy atom. The SMILES string of the molecule is CSc1c(OC(C)=O)c(C)cc2c3ccccc3n(Cc3ccccc3)c12. The van der Waals surface area contributed by atoms with Gasteiger partial charge in [-0.2, -0.15) is 0 Å². The summed E-state index contributed by atoms with van der Waals surface area (Å²) in [6.07, 6.45) is 2.03. The van der Waals surface area contributed by atoms with E-state index in [9.17, 15) is 4.79 Å². The fraction of sp³-hybridized carbons (Fsp3) is 0.174. The normalized spacial score (nSPS) is 11.2. The molecule has 0 bridgehead atoms. The van der Waals surface area contributed by atoms with Crippen LogP contribution in [-0.2, 0) is 11.3 Å². The third kappa shape index (κ3) is 3.10. The van der Waals surface area contributed by atoms with Crippen LogP contribution in [0.15, 0.2) is 65.6 Å². The van der Waals surface area contributed by atoms with Crippen molar-refractivity contribution >= 4 is 39.5 Å². The number of esters is 1. The van der Waals surface area contributed by atoms with E-state index >= 15 is 0 Å². The number of para-hydroxylation sites is 1. The highest BCUT2D eigenvalue weighted by atomic mass is 32.2. The summed E-state index contributed by atoms with van der Waals surface area (Å²) in [5.74, 6) is 0.373.